The van der Waals surface area contributed by atoms with E-state index in [1.807, 2.05) is 43.6 Å². The minimum absolute atomic E-state index is 0.276. The number of hydrogen-bond donors (Lipinski definition) is 2. The molecule has 0 aliphatic carbocycles. The molecule has 0 bridgehead atoms. The zero-order valence-electron chi connectivity index (χ0n) is 11.4. The van der Waals surface area contributed by atoms with Gasteiger partial charge in [0, 0.05) is 31.0 Å². The van der Waals surface area contributed by atoms with Crippen LogP contribution in [0.2, 0.25) is 0 Å². The maximum Gasteiger partial charge on any atom is 0.265 e. The Kier molecular flexibility index (Phi) is 4.81. The molecule has 1 heterocycles. The maximum absolute atomic E-state index is 11.5. The van der Waals surface area contributed by atoms with Crippen molar-refractivity contribution in [1.29, 1.82) is 0 Å². The first-order chi connectivity index (χ1) is 9.69. The van der Waals surface area contributed by atoms with Crippen molar-refractivity contribution in [3.63, 3.8) is 0 Å². The van der Waals surface area contributed by atoms with Gasteiger partial charge in [0.05, 0.1) is 0 Å². The van der Waals surface area contributed by atoms with Crippen LogP contribution in [0.15, 0.2) is 48.8 Å². The molecule has 20 heavy (non-hydrogen) atoms. The zero-order valence-corrected chi connectivity index (χ0v) is 11.4. The number of aromatic nitrogens is 1. The minimum Gasteiger partial charge on any atom is -0.298 e. The molecule has 1 amide bonds. The molecule has 0 saturated heterocycles. The number of nitrogens with zero attached hydrogens (tertiary/aromatic N) is 2. The number of nitrogens with one attached hydrogen (secondary N) is 1. The molecule has 104 valence electrons. The van der Waals surface area contributed by atoms with E-state index in [2.05, 4.69) is 15.3 Å². The van der Waals surface area contributed by atoms with Gasteiger partial charge in [-0.25, -0.2) is 5.84 Å². The van der Waals surface area contributed by atoms with E-state index in [-0.39, 0.29) is 5.91 Å². The van der Waals surface area contributed by atoms with Gasteiger partial charge in [0.1, 0.15) is 0 Å². The molecule has 0 unspecified atom stereocenters. The summed E-state index contributed by atoms with van der Waals surface area (Å²) in [5.74, 6) is 4.86. The number of amides is 1. The molecule has 1 aromatic heterocycles. The molecule has 0 aliphatic rings. The minimum atomic E-state index is -0.276. The lowest BCUT2D eigenvalue weighted by molar-refractivity contribution is 0.0953. The number of hydrogen-bond acceptors (Lipinski definition) is 4. The van der Waals surface area contributed by atoms with Crippen LogP contribution < -0.4 is 11.3 Å². The summed E-state index contributed by atoms with van der Waals surface area (Å²) in [6.45, 7) is 1.56. The van der Waals surface area contributed by atoms with E-state index in [0.29, 0.717) is 5.56 Å². The first kappa shape index (κ1) is 14.2. The Labute approximate surface area is 118 Å². The third kappa shape index (κ3) is 3.88. The molecule has 1 aromatic carbocycles. The number of benzene rings is 1. The van der Waals surface area contributed by atoms with Gasteiger partial charge in [-0.2, -0.15) is 0 Å². The van der Waals surface area contributed by atoms with Crippen LogP contribution in [0.1, 0.15) is 21.5 Å². The predicted octanol–water partition coefficient (Wildman–Crippen LogP) is 1.32. The smallest absolute Gasteiger partial charge is 0.265 e. The molecule has 0 saturated carbocycles. The SMILES string of the molecule is CN(Cc1cccnc1)Cc1cccc(C(=O)NN)c1. The summed E-state index contributed by atoms with van der Waals surface area (Å²) in [7, 11) is 2.03. The molecule has 5 nitrogen and oxygen atoms in total. The highest BCUT2D eigenvalue weighted by atomic mass is 16.2. The summed E-state index contributed by atoms with van der Waals surface area (Å²) in [6, 6.07) is 11.4. The zero-order chi connectivity index (χ0) is 14.4. The summed E-state index contributed by atoms with van der Waals surface area (Å²) in [6.07, 6.45) is 3.62. The van der Waals surface area contributed by atoms with E-state index in [9.17, 15) is 4.79 Å². The average molecular weight is 270 g/mol. The van der Waals surface area contributed by atoms with Gasteiger partial charge < -0.3 is 0 Å². The van der Waals surface area contributed by atoms with E-state index in [1.54, 1.807) is 12.3 Å². The highest BCUT2D eigenvalue weighted by molar-refractivity contribution is 5.93. The standard InChI is InChI=1S/C15H18N4O/c1-19(11-13-5-3-7-17-9-13)10-12-4-2-6-14(8-12)15(20)18-16/h2-9H,10-11,16H2,1H3,(H,18,20). The summed E-state index contributed by atoms with van der Waals surface area (Å²) in [4.78, 5) is 17.7. The fraction of sp³-hybridized carbons (Fsp3) is 0.200. The summed E-state index contributed by atoms with van der Waals surface area (Å²) in [5.41, 5.74) is 4.94. The second-order valence-corrected chi connectivity index (χ2v) is 4.71. The Bertz CT molecular complexity index is 571. The molecule has 3 N–H and O–H groups in total. The molecule has 5 heteroatoms. The molecule has 0 fully saturated rings. The molecular formula is C15H18N4O. The third-order valence-corrected chi connectivity index (χ3v) is 2.95. The molecule has 2 aromatic rings. The largest absolute Gasteiger partial charge is 0.298 e. The van der Waals surface area contributed by atoms with Gasteiger partial charge in [0.2, 0.25) is 0 Å². The van der Waals surface area contributed by atoms with E-state index < -0.39 is 0 Å². The van der Waals surface area contributed by atoms with Gasteiger partial charge in [-0.3, -0.25) is 20.1 Å². The van der Waals surface area contributed by atoms with Crippen molar-refractivity contribution >= 4 is 5.91 Å². The highest BCUT2D eigenvalue weighted by Gasteiger charge is 2.06. The topological polar surface area (TPSA) is 71.2 Å². The van der Waals surface area contributed by atoms with Crippen LogP contribution in [-0.2, 0) is 13.1 Å². The number of pyridine rings is 1. The average Bonchev–Trinajstić information content (AvgIpc) is 2.47. The van der Waals surface area contributed by atoms with Crippen LogP contribution in [0.4, 0.5) is 0 Å². The lowest BCUT2D eigenvalue weighted by atomic mass is 10.1. The van der Waals surface area contributed by atoms with Crippen molar-refractivity contribution in [3.8, 4) is 0 Å². The van der Waals surface area contributed by atoms with Crippen molar-refractivity contribution < 1.29 is 4.79 Å². The first-order valence-electron chi connectivity index (χ1n) is 6.36. The highest BCUT2D eigenvalue weighted by Crippen LogP contribution is 2.10. The van der Waals surface area contributed by atoms with E-state index in [0.717, 1.165) is 24.2 Å². The molecule has 0 radical (unpaired) electrons. The Morgan fingerprint density at radius 2 is 2.00 bits per heavy atom. The van der Waals surface area contributed by atoms with E-state index >= 15 is 0 Å². The van der Waals surface area contributed by atoms with Crippen LogP contribution in [0.25, 0.3) is 0 Å². The van der Waals surface area contributed by atoms with Crippen LogP contribution in [0, 0.1) is 0 Å². The number of nitrogen functional groups attached to an aromatic ring is 1. The van der Waals surface area contributed by atoms with E-state index in [1.165, 1.54) is 0 Å². The fourth-order valence-corrected chi connectivity index (χ4v) is 2.07. The second-order valence-electron chi connectivity index (χ2n) is 4.71. The monoisotopic (exact) mass is 270 g/mol. The van der Waals surface area contributed by atoms with Crippen LogP contribution in [-0.4, -0.2) is 22.8 Å². The Balaban J connectivity index is 2.01. The van der Waals surface area contributed by atoms with Crippen LogP contribution in [0.3, 0.4) is 0 Å². The number of carbonyl (C=O) groups is 1. The van der Waals surface area contributed by atoms with Gasteiger partial charge in [0.25, 0.3) is 5.91 Å². The lowest BCUT2D eigenvalue weighted by Gasteiger charge is -2.17. The lowest BCUT2D eigenvalue weighted by Crippen LogP contribution is -2.30. The molecule has 0 atom stereocenters. The molecular weight excluding hydrogens is 252 g/mol. The summed E-state index contributed by atoms with van der Waals surface area (Å²) in [5, 5.41) is 0. The number of nitrogens with two attached hydrogens (primary N) is 1. The van der Waals surface area contributed by atoms with Gasteiger partial charge >= 0.3 is 0 Å². The van der Waals surface area contributed by atoms with Gasteiger partial charge in [-0.1, -0.05) is 18.2 Å². The maximum atomic E-state index is 11.5. The van der Waals surface area contributed by atoms with E-state index in [4.69, 9.17) is 5.84 Å². The van der Waals surface area contributed by atoms with Gasteiger partial charge in [-0.15, -0.1) is 0 Å². The number of rotatable bonds is 5. The molecule has 0 aliphatic heterocycles. The van der Waals surface area contributed by atoms with Crippen LogP contribution >= 0.6 is 0 Å². The van der Waals surface area contributed by atoms with Crippen molar-refractivity contribution in [2.24, 2.45) is 5.84 Å². The van der Waals surface area contributed by atoms with Crippen molar-refractivity contribution in [3.05, 3.63) is 65.5 Å². The Morgan fingerprint density at radius 1 is 1.25 bits per heavy atom. The molecule has 0 spiro atoms. The normalized spacial score (nSPS) is 10.6. The van der Waals surface area contributed by atoms with Crippen molar-refractivity contribution in [1.82, 2.24) is 15.3 Å². The summed E-state index contributed by atoms with van der Waals surface area (Å²) >= 11 is 0. The predicted molar refractivity (Wildman–Crippen MR) is 77.5 cm³/mol. The second kappa shape index (κ2) is 6.79. The Morgan fingerprint density at radius 3 is 2.70 bits per heavy atom. The van der Waals surface area contributed by atoms with Crippen molar-refractivity contribution in [2.75, 3.05) is 7.05 Å². The Hall–Kier alpha value is -2.24. The first-order valence-corrected chi connectivity index (χ1v) is 6.36. The van der Waals surface area contributed by atoms with Crippen molar-refractivity contribution in [2.45, 2.75) is 13.1 Å². The van der Waals surface area contributed by atoms with Gasteiger partial charge in [-0.05, 0) is 36.4 Å². The number of carbonyl (C=O) groups excluding carboxylic acids is 1. The third-order valence-electron chi connectivity index (χ3n) is 2.95. The number of hydrazine groups is 1. The fourth-order valence-electron chi connectivity index (χ4n) is 2.07. The molecule has 2 rings (SSSR count). The quantitative estimate of drug-likeness (QED) is 0.488. The summed E-state index contributed by atoms with van der Waals surface area (Å²) < 4.78 is 0. The van der Waals surface area contributed by atoms with Crippen LogP contribution in [0.5, 0.6) is 0 Å². The van der Waals surface area contributed by atoms with Gasteiger partial charge in [0.15, 0.2) is 0 Å².